The van der Waals surface area contributed by atoms with Gasteiger partial charge in [0.2, 0.25) is 0 Å². The van der Waals surface area contributed by atoms with Crippen LogP contribution < -0.4 is 4.90 Å². The van der Waals surface area contributed by atoms with Gasteiger partial charge in [-0.25, -0.2) is 4.98 Å². The number of furan rings is 1. The molecule has 0 saturated carbocycles. The second kappa shape index (κ2) is 7.20. The van der Waals surface area contributed by atoms with Gasteiger partial charge in [-0.1, -0.05) is 35.6 Å². The van der Waals surface area contributed by atoms with E-state index in [0.717, 1.165) is 25.1 Å². The summed E-state index contributed by atoms with van der Waals surface area (Å²) in [6.45, 7) is 2.38. The predicted molar refractivity (Wildman–Crippen MR) is 113 cm³/mol. The lowest BCUT2D eigenvalue weighted by molar-refractivity contribution is 0.0982. The topological polar surface area (TPSA) is 46.3 Å². The van der Waals surface area contributed by atoms with E-state index in [9.17, 15) is 4.79 Å². The summed E-state index contributed by atoms with van der Waals surface area (Å²) in [5.41, 5.74) is 2.70. The molecule has 0 aliphatic carbocycles. The Bertz CT molecular complexity index is 1070. The van der Waals surface area contributed by atoms with Crippen LogP contribution in [0.5, 0.6) is 0 Å². The minimum absolute atomic E-state index is 0.0805. The van der Waals surface area contributed by atoms with Gasteiger partial charge in [-0.2, -0.15) is 0 Å². The quantitative estimate of drug-likeness (QED) is 0.359. The van der Waals surface area contributed by atoms with E-state index in [-0.39, 0.29) is 5.91 Å². The lowest BCUT2D eigenvalue weighted by atomic mass is 10.2. The molecule has 0 N–H and O–H groups in total. The first-order chi connectivity index (χ1) is 12.6. The molecule has 0 bridgehead atoms. The van der Waals surface area contributed by atoms with E-state index in [2.05, 4.69) is 22.6 Å². The number of rotatable bonds is 4. The van der Waals surface area contributed by atoms with Crippen LogP contribution in [0.25, 0.3) is 10.2 Å². The number of fused-ring (bicyclic) bond motifs is 1. The molecule has 0 aliphatic heterocycles. The van der Waals surface area contributed by atoms with Crippen molar-refractivity contribution >= 4 is 55.2 Å². The molecule has 2 aromatic heterocycles. The molecule has 0 aliphatic rings. The lowest BCUT2D eigenvalue weighted by Crippen LogP contribution is -2.30. The van der Waals surface area contributed by atoms with E-state index >= 15 is 0 Å². The molecule has 6 heteroatoms. The lowest BCUT2D eigenvalue weighted by Gasteiger charge is -2.19. The highest BCUT2D eigenvalue weighted by Gasteiger charge is 2.24. The Balaban J connectivity index is 1.80. The molecule has 0 spiro atoms. The fourth-order valence-corrected chi connectivity index (χ4v) is 4.41. The van der Waals surface area contributed by atoms with Gasteiger partial charge in [-0.15, -0.1) is 0 Å². The van der Waals surface area contributed by atoms with Gasteiger partial charge in [-0.3, -0.25) is 9.69 Å². The predicted octanol–water partition coefficient (Wildman–Crippen LogP) is 5.65. The van der Waals surface area contributed by atoms with Crippen LogP contribution in [0.15, 0.2) is 65.3 Å². The Labute approximate surface area is 168 Å². The summed E-state index contributed by atoms with van der Waals surface area (Å²) in [6, 6.07) is 17.4. The molecular weight excluding hydrogens is 459 g/mol. The fourth-order valence-electron chi connectivity index (χ4n) is 2.75. The Morgan fingerprint density at radius 2 is 2.00 bits per heavy atom. The number of thiazole rings is 1. The first-order valence-electron chi connectivity index (χ1n) is 8.08. The first kappa shape index (κ1) is 17.2. The van der Waals surface area contributed by atoms with Gasteiger partial charge >= 0.3 is 0 Å². The van der Waals surface area contributed by atoms with Gasteiger partial charge in [0.05, 0.1) is 28.6 Å². The average molecular weight is 474 g/mol. The highest BCUT2D eigenvalue weighted by atomic mass is 127. The molecule has 0 radical (unpaired) electrons. The zero-order valence-corrected chi connectivity index (χ0v) is 17.0. The van der Waals surface area contributed by atoms with E-state index < -0.39 is 0 Å². The van der Waals surface area contributed by atoms with Crippen LogP contribution in [0.1, 0.15) is 21.7 Å². The molecule has 4 nitrogen and oxygen atoms in total. The second-order valence-corrected chi connectivity index (χ2v) is 8.04. The third-order valence-corrected chi connectivity index (χ3v) is 6.07. The summed E-state index contributed by atoms with van der Waals surface area (Å²) in [5, 5.41) is 0.676. The van der Waals surface area contributed by atoms with Crippen molar-refractivity contribution in [3.63, 3.8) is 0 Å². The molecule has 4 aromatic rings. The van der Waals surface area contributed by atoms with Crippen molar-refractivity contribution in [1.82, 2.24) is 4.98 Å². The third kappa shape index (κ3) is 3.26. The first-order valence-corrected chi connectivity index (χ1v) is 9.98. The summed E-state index contributed by atoms with van der Waals surface area (Å²) in [7, 11) is 0. The smallest absolute Gasteiger partial charge is 0.261 e. The van der Waals surface area contributed by atoms with Gasteiger partial charge in [-0.05, 0) is 65.4 Å². The number of nitrogens with zero attached hydrogens (tertiary/aromatic N) is 2. The summed E-state index contributed by atoms with van der Waals surface area (Å²) < 4.78 is 7.46. The number of halogens is 1. The minimum Gasteiger partial charge on any atom is -0.467 e. The number of aryl methyl sites for hydroxylation is 1. The van der Waals surface area contributed by atoms with Crippen LogP contribution in [0.4, 0.5) is 5.13 Å². The van der Waals surface area contributed by atoms with Crippen molar-refractivity contribution in [3.05, 3.63) is 81.3 Å². The SMILES string of the molecule is Cc1cccc2sc(N(Cc3ccco3)C(=O)c3ccccc3I)nc12. The highest BCUT2D eigenvalue weighted by Crippen LogP contribution is 2.32. The number of aromatic nitrogens is 1. The van der Waals surface area contributed by atoms with Crippen molar-refractivity contribution in [1.29, 1.82) is 0 Å². The van der Waals surface area contributed by atoms with Crippen molar-refractivity contribution < 1.29 is 9.21 Å². The normalized spacial score (nSPS) is 11.0. The maximum Gasteiger partial charge on any atom is 0.261 e. The van der Waals surface area contributed by atoms with Crippen LogP contribution in [0.2, 0.25) is 0 Å². The molecule has 0 atom stereocenters. The molecule has 4 rings (SSSR count). The van der Waals surface area contributed by atoms with Gasteiger partial charge in [0.25, 0.3) is 5.91 Å². The van der Waals surface area contributed by atoms with Crippen molar-refractivity contribution in [2.24, 2.45) is 0 Å². The molecule has 2 aromatic carbocycles. The monoisotopic (exact) mass is 474 g/mol. The number of anilines is 1. The van der Waals surface area contributed by atoms with Gasteiger partial charge in [0.15, 0.2) is 5.13 Å². The number of amides is 1. The summed E-state index contributed by atoms with van der Waals surface area (Å²) in [5.74, 6) is 0.642. The molecular formula is C20H15IN2O2S. The number of benzene rings is 2. The zero-order chi connectivity index (χ0) is 18.1. The molecule has 26 heavy (non-hydrogen) atoms. The van der Waals surface area contributed by atoms with E-state index in [1.54, 1.807) is 11.2 Å². The number of hydrogen-bond acceptors (Lipinski definition) is 4. The molecule has 1 amide bonds. The Morgan fingerprint density at radius 3 is 2.73 bits per heavy atom. The second-order valence-electron chi connectivity index (χ2n) is 5.87. The third-order valence-electron chi connectivity index (χ3n) is 4.08. The van der Waals surface area contributed by atoms with Crippen LogP contribution in [0, 0.1) is 10.5 Å². The summed E-state index contributed by atoms with van der Waals surface area (Å²) >= 11 is 3.71. The van der Waals surface area contributed by atoms with E-state index in [4.69, 9.17) is 9.40 Å². The maximum atomic E-state index is 13.3. The largest absolute Gasteiger partial charge is 0.467 e. The highest BCUT2D eigenvalue weighted by molar-refractivity contribution is 14.1. The van der Waals surface area contributed by atoms with E-state index in [1.807, 2.05) is 61.5 Å². The number of carbonyl (C=O) groups is 1. The van der Waals surface area contributed by atoms with Gasteiger partial charge < -0.3 is 4.42 Å². The molecule has 0 fully saturated rings. The van der Waals surface area contributed by atoms with E-state index in [1.165, 1.54) is 11.3 Å². The van der Waals surface area contributed by atoms with Crippen molar-refractivity contribution in [3.8, 4) is 0 Å². The number of para-hydroxylation sites is 1. The molecule has 2 heterocycles. The molecule has 0 unspecified atom stereocenters. The van der Waals surface area contributed by atoms with Crippen molar-refractivity contribution in [2.45, 2.75) is 13.5 Å². The maximum absolute atomic E-state index is 13.3. The average Bonchev–Trinajstić information content (AvgIpc) is 3.29. The van der Waals surface area contributed by atoms with Gasteiger partial charge in [0, 0.05) is 3.57 Å². The Morgan fingerprint density at radius 1 is 1.15 bits per heavy atom. The summed E-state index contributed by atoms with van der Waals surface area (Å²) in [4.78, 5) is 19.7. The fraction of sp³-hybridized carbons (Fsp3) is 0.100. The number of hydrogen-bond donors (Lipinski definition) is 0. The van der Waals surface area contributed by atoms with E-state index in [0.29, 0.717) is 17.2 Å². The zero-order valence-electron chi connectivity index (χ0n) is 14.0. The molecule has 130 valence electrons. The molecule has 0 saturated heterocycles. The Hall–Kier alpha value is -2.19. The van der Waals surface area contributed by atoms with Crippen LogP contribution in [0.3, 0.4) is 0 Å². The van der Waals surface area contributed by atoms with Crippen LogP contribution >= 0.6 is 33.9 Å². The standard InChI is InChI=1S/C20H15IN2O2S/c1-13-6-4-10-17-18(13)22-20(26-17)23(12-14-7-5-11-25-14)19(24)15-8-2-3-9-16(15)21/h2-11H,12H2,1H3. The Kier molecular flexibility index (Phi) is 4.78. The minimum atomic E-state index is -0.0805. The van der Waals surface area contributed by atoms with Crippen LogP contribution in [-0.2, 0) is 6.54 Å². The van der Waals surface area contributed by atoms with Crippen LogP contribution in [-0.4, -0.2) is 10.9 Å². The van der Waals surface area contributed by atoms with Crippen molar-refractivity contribution in [2.75, 3.05) is 4.90 Å². The number of carbonyl (C=O) groups excluding carboxylic acids is 1. The van der Waals surface area contributed by atoms with Gasteiger partial charge in [0.1, 0.15) is 5.76 Å². The summed E-state index contributed by atoms with van der Waals surface area (Å²) in [6.07, 6.45) is 1.62.